The summed E-state index contributed by atoms with van der Waals surface area (Å²) in [6, 6.07) is 2.05. The molecule has 102 valence electrons. The second-order valence-electron chi connectivity index (χ2n) is 5.66. The Kier molecular flexibility index (Phi) is 5.24. The standard InChI is InChI=1S/C15H26N2O/c1-17-14(11-12-16-17)9-10-15(18)13-7-5-3-2-4-6-8-13/h11-13,15,18H,2-10H2,1H3. The van der Waals surface area contributed by atoms with Crippen molar-refractivity contribution in [2.45, 2.75) is 63.9 Å². The van der Waals surface area contributed by atoms with Crippen LogP contribution in [0.15, 0.2) is 12.3 Å². The molecular weight excluding hydrogens is 224 g/mol. The van der Waals surface area contributed by atoms with Gasteiger partial charge in [0.2, 0.25) is 0 Å². The smallest absolute Gasteiger partial charge is 0.0572 e. The van der Waals surface area contributed by atoms with Gasteiger partial charge >= 0.3 is 0 Å². The van der Waals surface area contributed by atoms with Crippen LogP contribution in [0.4, 0.5) is 0 Å². The van der Waals surface area contributed by atoms with Gasteiger partial charge < -0.3 is 5.11 Å². The molecule has 1 aromatic heterocycles. The van der Waals surface area contributed by atoms with Gasteiger partial charge in [-0.2, -0.15) is 5.10 Å². The van der Waals surface area contributed by atoms with Gasteiger partial charge in [0.05, 0.1) is 6.10 Å². The molecule has 1 aliphatic carbocycles. The van der Waals surface area contributed by atoms with Crippen LogP contribution in [-0.4, -0.2) is 21.0 Å². The van der Waals surface area contributed by atoms with E-state index in [0.717, 1.165) is 12.8 Å². The number of hydrogen-bond donors (Lipinski definition) is 1. The van der Waals surface area contributed by atoms with Crippen LogP contribution in [-0.2, 0) is 13.5 Å². The van der Waals surface area contributed by atoms with Crippen molar-refractivity contribution in [3.05, 3.63) is 18.0 Å². The molecule has 0 saturated heterocycles. The minimum absolute atomic E-state index is 0.127. The minimum Gasteiger partial charge on any atom is -0.393 e. The van der Waals surface area contributed by atoms with Crippen molar-refractivity contribution in [3.8, 4) is 0 Å². The van der Waals surface area contributed by atoms with Gasteiger partial charge in [0.1, 0.15) is 0 Å². The summed E-state index contributed by atoms with van der Waals surface area (Å²) >= 11 is 0. The summed E-state index contributed by atoms with van der Waals surface area (Å²) in [5.74, 6) is 0.526. The van der Waals surface area contributed by atoms with Crippen molar-refractivity contribution in [2.75, 3.05) is 0 Å². The molecule has 1 atom stereocenters. The number of aromatic nitrogens is 2. The zero-order valence-corrected chi connectivity index (χ0v) is 11.5. The lowest BCUT2D eigenvalue weighted by molar-refractivity contribution is 0.0831. The van der Waals surface area contributed by atoms with Crippen molar-refractivity contribution in [1.82, 2.24) is 9.78 Å². The van der Waals surface area contributed by atoms with Gasteiger partial charge in [-0.25, -0.2) is 0 Å². The highest BCUT2D eigenvalue weighted by Gasteiger charge is 2.20. The van der Waals surface area contributed by atoms with Gasteiger partial charge in [-0.1, -0.05) is 32.1 Å². The summed E-state index contributed by atoms with van der Waals surface area (Å²) in [6.45, 7) is 0. The van der Waals surface area contributed by atoms with E-state index in [1.54, 1.807) is 0 Å². The molecule has 1 saturated carbocycles. The van der Waals surface area contributed by atoms with E-state index in [4.69, 9.17) is 0 Å². The van der Waals surface area contributed by atoms with E-state index in [-0.39, 0.29) is 6.10 Å². The molecule has 3 heteroatoms. The van der Waals surface area contributed by atoms with Gasteiger partial charge in [0.15, 0.2) is 0 Å². The van der Waals surface area contributed by atoms with Crippen LogP contribution in [0, 0.1) is 5.92 Å². The fourth-order valence-electron chi connectivity index (χ4n) is 3.05. The number of aryl methyl sites for hydroxylation is 2. The van der Waals surface area contributed by atoms with Crippen molar-refractivity contribution >= 4 is 0 Å². The topological polar surface area (TPSA) is 38.0 Å². The Labute approximate surface area is 110 Å². The van der Waals surface area contributed by atoms with Crippen LogP contribution in [0.2, 0.25) is 0 Å². The second-order valence-corrected chi connectivity index (χ2v) is 5.66. The Hall–Kier alpha value is -0.830. The molecule has 0 aromatic carbocycles. The van der Waals surface area contributed by atoms with Crippen molar-refractivity contribution in [1.29, 1.82) is 0 Å². The summed E-state index contributed by atoms with van der Waals surface area (Å²) in [6.07, 6.45) is 12.6. The van der Waals surface area contributed by atoms with Crippen LogP contribution >= 0.6 is 0 Å². The molecule has 0 amide bonds. The Morgan fingerprint density at radius 2 is 1.94 bits per heavy atom. The van der Waals surface area contributed by atoms with Gasteiger partial charge in [0.25, 0.3) is 0 Å². The Bertz CT molecular complexity index is 340. The highest BCUT2D eigenvalue weighted by molar-refractivity contribution is 5.00. The number of aliphatic hydroxyl groups is 1. The van der Waals surface area contributed by atoms with Crippen LogP contribution < -0.4 is 0 Å². The van der Waals surface area contributed by atoms with Gasteiger partial charge in [-0.3, -0.25) is 4.68 Å². The number of nitrogens with zero attached hydrogens (tertiary/aromatic N) is 2. The first-order chi connectivity index (χ1) is 8.77. The normalized spacial score (nSPS) is 20.3. The monoisotopic (exact) mass is 250 g/mol. The Balaban J connectivity index is 1.79. The quantitative estimate of drug-likeness (QED) is 0.891. The largest absolute Gasteiger partial charge is 0.393 e. The van der Waals surface area contributed by atoms with E-state index in [9.17, 15) is 5.11 Å². The van der Waals surface area contributed by atoms with Crippen LogP contribution in [0.1, 0.15) is 57.1 Å². The highest BCUT2D eigenvalue weighted by Crippen LogP contribution is 2.26. The van der Waals surface area contributed by atoms with Crippen molar-refractivity contribution in [3.63, 3.8) is 0 Å². The number of aliphatic hydroxyl groups excluding tert-OH is 1. The molecule has 2 rings (SSSR count). The fraction of sp³-hybridized carbons (Fsp3) is 0.800. The molecule has 3 nitrogen and oxygen atoms in total. The molecule has 1 heterocycles. The maximum absolute atomic E-state index is 10.4. The third-order valence-corrected chi connectivity index (χ3v) is 4.31. The lowest BCUT2D eigenvalue weighted by atomic mass is 9.85. The highest BCUT2D eigenvalue weighted by atomic mass is 16.3. The molecule has 1 N–H and O–H groups in total. The summed E-state index contributed by atoms with van der Waals surface area (Å²) in [5.41, 5.74) is 1.22. The van der Waals surface area contributed by atoms with E-state index in [1.165, 1.54) is 50.6 Å². The van der Waals surface area contributed by atoms with E-state index in [2.05, 4.69) is 5.10 Å². The molecule has 0 aliphatic heterocycles. The zero-order chi connectivity index (χ0) is 12.8. The first kappa shape index (κ1) is 13.6. The summed E-state index contributed by atoms with van der Waals surface area (Å²) < 4.78 is 1.91. The van der Waals surface area contributed by atoms with Gasteiger partial charge in [-0.05, 0) is 37.7 Å². The third kappa shape index (κ3) is 3.84. The lowest BCUT2D eigenvalue weighted by Crippen LogP contribution is -2.22. The van der Waals surface area contributed by atoms with Crippen molar-refractivity contribution < 1.29 is 5.11 Å². The molecule has 1 unspecified atom stereocenters. The lowest BCUT2D eigenvalue weighted by Gasteiger charge is -2.24. The van der Waals surface area contributed by atoms with E-state index in [0.29, 0.717) is 5.92 Å². The van der Waals surface area contributed by atoms with E-state index in [1.807, 2.05) is 24.0 Å². The molecule has 1 aromatic rings. The van der Waals surface area contributed by atoms with E-state index < -0.39 is 0 Å². The van der Waals surface area contributed by atoms with Gasteiger partial charge in [-0.15, -0.1) is 0 Å². The molecular formula is C15H26N2O. The average molecular weight is 250 g/mol. The maximum atomic E-state index is 10.4. The van der Waals surface area contributed by atoms with Crippen molar-refractivity contribution in [2.24, 2.45) is 13.0 Å². The molecule has 18 heavy (non-hydrogen) atoms. The maximum Gasteiger partial charge on any atom is 0.0572 e. The van der Waals surface area contributed by atoms with Gasteiger partial charge in [0, 0.05) is 18.9 Å². The summed E-state index contributed by atoms with van der Waals surface area (Å²) in [7, 11) is 1.97. The Morgan fingerprint density at radius 1 is 1.28 bits per heavy atom. The SMILES string of the molecule is Cn1nccc1CCC(O)C1CCCCCCC1. The fourth-order valence-corrected chi connectivity index (χ4v) is 3.05. The molecule has 0 spiro atoms. The number of rotatable bonds is 4. The van der Waals surface area contributed by atoms with Crippen LogP contribution in [0.3, 0.4) is 0 Å². The molecule has 1 aliphatic rings. The van der Waals surface area contributed by atoms with E-state index >= 15 is 0 Å². The predicted octanol–water partition coefficient (Wildman–Crippen LogP) is 3.07. The molecule has 1 fully saturated rings. The first-order valence-corrected chi connectivity index (χ1v) is 7.42. The average Bonchev–Trinajstić information content (AvgIpc) is 2.71. The molecule has 0 bridgehead atoms. The Morgan fingerprint density at radius 3 is 2.56 bits per heavy atom. The predicted molar refractivity (Wildman–Crippen MR) is 73.3 cm³/mol. The summed E-state index contributed by atoms with van der Waals surface area (Å²) in [5, 5.41) is 14.5. The minimum atomic E-state index is -0.127. The molecule has 0 radical (unpaired) electrons. The number of hydrogen-bond acceptors (Lipinski definition) is 2. The zero-order valence-electron chi connectivity index (χ0n) is 11.5. The second kappa shape index (κ2) is 6.93. The summed E-state index contributed by atoms with van der Waals surface area (Å²) in [4.78, 5) is 0. The van der Waals surface area contributed by atoms with Crippen LogP contribution in [0.25, 0.3) is 0 Å². The third-order valence-electron chi connectivity index (χ3n) is 4.31. The van der Waals surface area contributed by atoms with Crippen LogP contribution in [0.5, 0.6) is 0 Å². The first-order valence-electron chi connectivity index (χ1n) is 7.42.